The average molecular weight is 584 g/mol. The van der Waals surface area contributed by atoms with Crippen LogP contribution in [0, 0.1) is 11.6 Å². The number of unbranched alkanes of at least 4 members (excludes halogenated alkanes) is 1. The van der Waals surface area contributed by atoms with E-state index in [4.69, 9.17) is 14.0 Å². The van der Waals surface area contributed by atoms with Crippen molar-refractivity contribution in [1.82, 2.24) is 30.2 Å². The Balaban J connectivity index is 1.32. The molecule has 0 saturated carbocycles. The maximum Gasteiger partial charge on any atom is 0.408 e. The SMILES string of the molecule is CC(C)(C)OC(=O)NCC(=O)OCCCCNc1nc(-c2cc(-c3ccon3)n(Cc3ccccc3F)n2)ncc1F. The summed E-state index contributed by atoms with van der Waals surface area (Å²) in [5.74, 6) is -1.49. The summed E-state index contributed by atoms with van der Waals surface area (Å²) in [5.41, 5.74) is 1.10. The lowest BCUT2D eigenvalue weighted by molar-refractivity contribution is -0.142. The van der Waals surface area contributed by atoms with Crippen molar-refractivity contribution in [2.75, 3.05) is 25.0 Å². The van der Waals surface area contributed by atoms with Crippen molar-refractivity contribution in [3.8, 4) is 22.9 Å². The van der Waals surface area contributed by atoms with Crippen molar-refractivity contribution in [3.05, 3.63) is 66.1 Å². The number of nitrogens with zero attached hydrogens (tertiary/aromatic N) is 5. The van der Waals surface area contributed by atoms with Crippen molar-refractivity contribution in [1.29, 1.82) is 0 Å². The highest BCUT2D eigenvalue weighted by Crippen LogP contribution is 2.26. The minimum Gasteiger partial charge on any atom is -0.464 e. The molecule has 0 fully saturated rings. The minimum absolute atomic E-state index is 0.0230. The predicted molar refractivity (Wildman–Crippen MR) is 147 cm³/mol. The monoisotopic (exact) mass is 583 g/mol. The Morgan fingerprint density at radius 1 is 1.07 bits per heavy atom. The highest BCUT2D eigenvalue weighted by molar-refractivity contribution is 5.78. The van der Waals surface area contributed by atoms with Crippen LogP contribution in [0.1, 0.15) is 39.2 Å². The number of anilines is 1. The summed E-state index contributed by atoms with van der Waals surface area (Å²) >= 11 is 0. The molecule has 0 aliphatic carbocycles. The van der Waals surface area contributed by atoms with Gasteiger partial charge in [0.1, 0.15) is 35.6 Å². The van der Waals surface area contributed by atoms with Crippen molar-refractivity contribution >= 4 is 17.9 Å². The third-order valence-electron chi connectivity index (χ3n) is 5.63. The van der Waals surface area contributed by atoms with Crippen molar-refractivity contribution in [3.63, 3.8) is 0 Å². The second kappa shape index (κ2) is 13.7. The number of benzene rings is 1. The lowest BCUT2D eigenvalue weighted by Gasteiger charge is -2.19. The lowest BCUT2D eigenvalue weighted by Crippen LogP contribution is -2.36. The molecule has 3 heterocycles. The number of esters is 1. The van der Waals surface area contributed by atoms with E-state index >= 15 is 0 Å². The van der Waals surface area contributed by atoms with E-state index in [1.54, 1.807) is 55.8 Å². The Bertz CT molecular complexity index is 1500. The molecule has 14 heteroatoms. The van der Waals surface area contributed by atoms with Gasteiger partial charge in [0, 0.05) is 18.2 Å². The molecule has 0 aliphatic rings. The van der Waals surface area contributed by atoms with Crippen LogP contribution >= 0.6 is 0 Å². The number of nitrogens with one attached hydrogen (secondary N) is 2. The molecular formula is C28H31F2N7O5. The van der Waals surface area contributed by atoms with Gasteiger partial charge in [-0.05, 0) is 45.7 Å². The number of aromatic nitrogens is 5. The summed E-state index contributed by atoms with van der Waals surface area (Å²) in [6.45, 7) is 5.42. The predicted octanol–water partition coefficient (Wildman–Crippen LogP) is 4.58. The van der Waals surface area contributed by atoms with Crippen LogP contribution in [-0.4, -0.2) is 62.3 Å². The quantitative estimate of drug-likeness (QED) is 0.179. The molecule has 3 aromatic heterocycles. The smallest absolute Gasteiger partial charge is 0.408 e. The number of ether oxygens (including phenoxy) is 2. The van der Waals surface area contributed by atoms with Gasteiger partial charge in [-0.1, -0.05) is 23.4 Å². The van der Waals surface area contributed by atoms with E-state index in [-0.39, 0.29) is 37.2 Å². The van der Waals surface area contributed by atoms with Crippen molar-refractivity contribution in [2.45, 2.75) is 45.8 Å². The molecule has 0 saturated heterocycles. The minimum atomic E-state index is -0.707. The van der Waals surface area contributed by atoms with E-state index < -0.39 is 23.5 Å². The number of rotatable bonds is 12. The second-order valence-corrected chi connectivity index (χ2v) is 10.1. The molecule has 0 bridgehead atoms. The molecule has 1 amide bonds. The average Bonchev–Trinajstić information content (AvgIpc) is 3.61. The standard InChI is InChI=1S/C28H31F2N7O5/c1-28(2,3)42-27(39)33-16-24(38)40-12-7-6-11-31-25-20(30)15-32-26(34-25)22-14-23(21-10-13-41-36-21)37(35-22)17-18-8-4-5-9-19(18)29/h4-5,8-10,13-15H,6-7,11-12,16-17H2,1-3H3,(H,33,39)(H,31,32,34). The van der Waals surface area contributed by atoms with Gasteiger partial charge >= 0.3 is 12.1 Å². The highest BCUT2D eigenvalue weighted by atomic mass is 19.1. The van der Waals surface area contributed by atoms with Gasteiger partial charge in [-0.3, -0.25) is 9.48 Å². The fourth-order valence-electron chi connectivity index (χ4n) is 3.73. The van der Waals surface area contributed by atoms with Crippen LogP contribution in [0.25, 0.3) is 22.9 Å². The summed E-state index contributed by atoms with van der Waals surface area (Å²) in [4.78, 5) is 31.8. The van der Waals surface area contributed by atoms with Gasteiger partial charge in [0.2, 0.25) is 0 Å². The number of amides is 1. The molecule has 0 radical (unpaired) electrons. The first kappa shape index (κ1) is 30.1. The summed E-state index contributed by atoms with van der Waals surface area (Å²) in [6.07, 6.45) is 2.77. The van der Waals surface area contributed by atoms with Crippen LogP contribution in [-0.2, 0) is 20.8 Å². The van der Waals surface area contributed by atoms with Crippen LogP contribution in [0.4, 0.5) is 19.4 Å². The van der Waals surface area contributed by atoms with E-state index in [0.29, 0.717) is 42.0 Å². The molecule has 42 heavy (non-hydrogen) atoms. The zero-order valence-electron chi connectivity index (χ0n) is 23.4. The Kier molecular flexibility index (Phi) is 9.78. The molecule has 4 aromatic rings. The first-order valence-corrected chi connectivity index (χ1v) is 13.2. The van der Waals surface area contributed by atoms with Crippen LogP contribution in [0.15, 0.2) is 53.4 Å². The van der Waals surface area contributed by atoms with Gasteiger partial charge in [-0.15, -0.1) is 0 Å². The third-order valence-corrected chi connectivity index (χ3v) is 5.63. The maximum atomic E-state index is 14.5. The van der Waals surface area contributed by atoms with E-state index in [1.165, 1.54) is 12.3 Å². The van der Waals surface area contributed by atoms with Gasteiger partial charge in [-0.2, -0.15) is 5.10 Å². The van der Waals surface area contributed by atoms with Crippen LogP contribution < -0.4 is 10.6 Å². The molecule has 222 valence electrons. The third kappa shape index (κ3) is 8.56. The Labute approximate surface area is 240 Å². The van der Waals surface area contributed by atoms with E-state index in [2.05, 4.69) is 30.9 Å². The largest absolute Gasteiger partial charge is 0.464 e. The summed E-state index contributed by atoms with van der Waals surface area (Å²) in [5, 5.41) is 13.7. The lowest BCUT2D eigenvalue weighted by atomic mass is 10.2. The topological polar surface area (TPSA) is 146 Å². The maximum absolute atomic E-state index is 14.5. The zero-order valence-corrected chi connectivity index (χ0v) is 23.4. The Morgan fingerprint density at radius 3 is 2.62 bits per heavy atom. The van der Waals surface area contributed by atoms with Crippen molar-refractivity contribution < 1.29 is 32.4 Å². The molecule has 0 aliphatic heterocycles. The normalized spacial score (nSPS) is 11.3. The number of hydrogen-bond donors (Lipinski definition) is 2. The fourth-order valence-corrected chi connectivity index (χ4v) is 3.73. The molecule has 12 nitrogen and oxygen atoms in total. The van der Waals surface area contributed by atoms with Crippen LogP contribution in [0.3, 0.4) is 0 Å². The molecule has 0 unspecified atom stereocenters. The molecule has 4 rings (SSSR count). The van der Waals surface area contributed by atoms with E-state index in [9.17, 15) is 18.4 Å². The van der Waals surface area contributed by atoms with Gasteiger partial charge < -0.3 is 24.6 Å². The molecule has 1 aromatic carbocycles. The number of carbonyl (C=O) groups excluding carboxylic acids is 2. The molecule has 2 N–H and O–H groups in total. The summed E-state index contributed by atoms with van der Waals surface area (Å²) in [7, 11) is 0. The van der Waals surface area contributed by atoms with Crippen LogP contribution in [0.5, 0.6) is 0 Å². The summed E-state index contributed by atoms with van der Waals surface area (Å²) in [6, 6.07) is 9.67. The molecule has 0 atom stereocenters. The van der Waals surface area contributed by atoms with Crippen molar-refractivity contribution in [2.24, 2.45) is 0 Å². The number of alkyl carbamates (subject to hydrolysis) is 1. The van der Waals surface area contributed by atoms with Gasteiger partial charge in [0.25, 0.3) is 0 Å². The van der Waals surface area contributed by atoms with E-state index in [1.807, 2.05) is 0 Å². The second-order valence-electron chi connectivity index (χ2n) is 10.1. The first-order valence-electron chi connectivity index (χ1n) is 13.2. The van der Waals surface area contributed by atoms with Gasteiger partial charge in [0.15, 0.2) is 17.5 Å². The number of halogens is 2. The number of hydrogen-bond acceptors (Lipinski definition) is 10. The molecular weight excluding hydrogens is 552 g/mol. The Hall–Kier alpha value is -4.88. The van der Waals surface area contributed by atoms with Gasteiger partial charge in [-0.25, -0.2) is 23.5 Å². The number of carbonyl (C=O) groups is 2. The summed E-state index contributed by atoms with van der Waals surface area (Å²) < 4.78 is 45.5. The first-order chi connectivity index (χ1) is 20.1. The van der Waals surface area contributed by atoms with Gasteiger partial charge in [0.05, 0.1) is 25.0 Å². The van der Waals surface area contributed by atoms with E-state index in [0.717, 1.165) is 6.20 Å². The fraction of sp³-hybridized carbons (Fsp3) is 0.357. The van der Waals surface area contributed by atoms with Crippen LogP contribution in [0.2, 0.25) is 0 Å². The molecule has 0 spiro atoms. The zero-order chi connectivity index (χ0) is 30.1. The highest BCUT2D eigenvalue weighted by Gasteiger charge is 2.19. The Morgan fingerprint density at radius 2 is 1.88 bits per heavy atom.